The van der Waals surface area contributed by atoms with E-state index in [-0.39, 0.29) is 24.2 Å². The average molecular weight is 408 g/mol. The third kappa shape index (κ3) is 4.83. The first kappa shape index (κ1) is 21.0. The van der Waals surface area contributed by atoms with Crippen molar-refractivity contribution in [2.24, 2.45) is 0 Å². The van der Waals surface area contributed by atoms with Crippen LogP contribution in [0.5, 0.6) is 5.75 Å². The summed E-state index contributed by atoms with van der Waals surface area (Å²) < 4.78 is 7.57. The molecule has 0 aliphatic rings. The van der Waals surface area contributed by atoms with E-state index in [4.69, 9.17) is 4.74 Å². The largest absolute Gasteiger partial charge is 0.489 e. The molecular weight excluding hydrogens is 384 g/mol. The van der Waals surface area contributed by atoms with E-state index in [1.807, 2.05) is 31.5 Å². The summed E-state index contributed by atoms with van der Waals surface area (Å²) in [5.41, 5.74) is 3.39. The summed E-state index contributed by atoms with van der Waals surface area (Å²) in [5, 5.41) is 18.1. The Hall–Kier alpha value is -3.68. The number of carbonyl (C=O) groups excluding carboxylic acids is 1. The summed E-state index contributed by atoms with van der Waals surface area (Å²) in [7, 11) is 0. The lowest BCUT2D eigenvalue weighted by molar-refractivity contribution is -0.384. The topological polar surface area (TPSA) is 99.3 Å². The monoisotopic (exact) mass is 408 g/mol. The Morgan fingerprint density at radius 3 is 2.63 bits per heavy atom. The Bertz CT molecular complexity index is 1040. The van der Waals surface area contributed by atoms with Gasteiger partial charge in [-0.15, -0.1) is 0 Å². The number of hydrogen-bond donors (Lipinski definition) is 1. The van der Waals surface area contributed by atoms with Gasteiger partial charge in [0.1, 0.15) is 12.4 Å². The normalized spacial score (nSPS) is 11.7. The van der Waals surface area contributed by atoms with E-state index in [1.165, 1.54) is 12.1 Å². The third-order valence-electron chi connectivity index (χ3n) is 4.90. The van der Waals surface area contributed by atoms with Crippen LogP contribution < -0.4 is 10.1 Å². The highest BCUT2D eigenvalue weighted by molar-refractivity contribution is 5.94. The van der Waals surface area contributed by atoms with Crippen molar-refractivity contribution in [3.63, 3.8) is 0 Å². The lowest BCUT2D eigenvalue weighted by atomic mass is 10.1. The molecule has 1 N–H and O–H groups in total. The molecule has 156 valence electrons. The zero-order valence-corrected chi connectivity index (χ0v) is 17.2. The highest BCUT2D eigenvalue weighted by atomic mass is 16.6. The summed E-state index contributed by atoms with van der Waals surface area (Å²) in [6.45, 7) is 6.98. The fourth-order valence-electron chi connectivity index (χ4n) is 3.20. The van der Waals surface area contributed by atoms with Crippen LogP contribution in [0.3, 0.4) is 0 Å². The first-order valence-corrected chi connectivity index (χ1v) is 9.68. The maximum absolute atomic E-state index is 12.7. The van der Waals surface area contributed by atoms with Gasteiger partial charge in [0, 0.05) is 35.5 Å². The molecule has 1 aromatic heterocycles. The molecule has 0 aliphatic heterocycles. The average Bonchev–Trinajstić information content (AvgIpc) is 3.13. The van der Waals surface area contributed by atoms with E-state index in [2.05, 4.69) is 10.4 Å². The van der Waals surface area contributed by atoms with Crippen LogP contribution in [0, 0.1) is 17.0 Å². The lowest BCUT2D eigenvalue weighted by Gasteiger charge is -2.14. The Morgan fingerprint density at radius 2 is 2.00 bits per heavy atom. The molecule has 0 bridgehead atoms. The van der Waals surface area contributed by atoms with Crippen molar-refractivity contribution in [3.8, 4) is 5.75 Å². The number of hydrogen-bond acceptors (Lipinski definition) is 5. The van der Waals surface area contributed by atoms with Gasteiger partial charge in [0.05, 0.1) is 17.2 Å². The predicted molar refractivity (Wildman–Crippen MR) is 112 cm³/mol. The molecule has 1 unspecified atom stereocenters. The van der Waals surface area contributed by atoms with Crippen molar-refractivity contribution in [3.05, 3.63) is 87.2 Å². The minimum atomic E-state index is -0.457. The Kier molecular flexibility index (Phi) is 6.46. The fraction of sp³-hybridized carbons (Fsp3) is 0.273. The first-order valence-electron chi connectivity index (χ1n) is 9.68. The molecule has 1 heterocycles. The molecule has 30 heavy (non-hydrogen) atoms. The summed E-state index contributed by atoms with van der Waals surface area (Å²) in [4.78, 5) is 23.0. The van der Waals surface area contributed by atoms with Gasteiger partial charge in [-0.2, -0.15) is 5.10 Å². The van der Waals surface area contributed by atoms with Crippen LogP contribution in [0.15, 0.2) is 54.7 Å². The maximum atomic E-state index is 12.7. The minimum absolute atomic E-state index is 0.00912. The quantitative estimate of drug-likeness (QED) is 0.445. The number of nitro benzene ring substituents is 1. The van der Waals surface area contributed by atoms with Gasteiger partial charge in [0.25, 0.3) is 11.6 Å². The molecule has 8 heteroatoms. The second kappa shape index (κ2) is 9.21. The van der Waals surface area contributed by atoms with Crippen molar-refractivity contribution < 1.29 is 14.5 Å². The molecule has 1 atom stereocenters. The number of non-ortho nitro benzene ring substituents is 1. The number of rotatable bonds is 8. The van der Waals surface area contributed by atoms with Crippen LogP contribution in [-0.2, 0) is 13.2 Å². The molecule has 0 spiro atoms. The highest BCUT2D eigenvalue weighted by Crippen LogP contribution is 2.20. The summed E-state index contributed by atoms with van der Waals surface area (Å²) in [5.74, 6) is 0.343. The number of nitrogens with one attached hydrogen (secondary N) is 1. The van der Waals surface area contributed by atoms with Gasteiger partial charge in [0.15, 0.2) is 0 Å². The van der Waals surface area contributed by atoms with Gasteiger partial charge in [-0.3, -0.25) is 19.6 Å². The van der Waals surface area contributed by atoms with Gasteiger partial charge >= 0.3 is 0 Å². The van der Waals surface area contributed by atoms with Crippen LogP contribution >= 0.6 is 0 Å². The summed E-state index contributed by atoms with van der Waals surface area (Å²) in [6, 6.07) is 12.9. The van der Waals surface area contributed by atoms with Crippen molar-refractivity contribution >= 4 is 11.6 Å². The fourth-order valence-corrected chi connectivity index (χ4v) is 3.20. The van der Waals surface area contributed by atoms with E-state index in [0.29, 0.717) is 11.3 Å². The number of nitro groups is 1. The first-order chi connectivity index (χ1) is 14.4. The minimum Gasteiger partial charge on any atom is -0.489 e. The van der Waals surface area contributed by atoms with Crippen LogP contribution in [0.25, 0.3) is 0 Å². The second-order valence-electron chi connectivity index (χ2n) is 6.94. The standard InChI is InChI=1S/C22H24N4O4/c1-4-25-16(3)21(13-23-25)15(2)24-22(27)18-7-5-6-17(12-18)14-30-20-10-8-19(9-11-20)26(28)29/h5-13,15H,4,14H2,1-3H3,(H,24,27). The highest BCUT2D eigenvalue weighted by Gasteiger charge is 2.16. The SMILES string of the molecule is CCn1ncc(C(C)NC(=O)c2cccc(COc3ccc([N+](=O)[O-])cc3)c2)c1C. The van der Waals surface area contributed by atoms with Crippen LogP contribution in [0.1, 0.15) is 47.1 Å². The molecule has 0 fully saturated rings. The van der Waals surface area contributed by atoms with E-state index >= 15 is 0 Å². The third-order valence-corrected chi connectivity index (χ3v) is 4.90. The van der Waals surface area contributed by atoms with Crippen molar-refractivity contribution in [2.75, 3.05) is 0 Å². The number of benzene rings is 2. The Balaban J connectivity index is 1.63. The van der Waals surface area contributed by atoms with E-state index in [0.717, 1.165) is 23.4 Å². The second-order valence-corrected chi connectivity index (χ2v) is 6.94. The molecule has 8 nitrogen and oxygen atoms in total. The van der Waals surface area contributed by atoms with E-state index < -0.39 is 4.92 Å². The lowest BCUT2D eigenvalue weighted by Crippen LogP contribution is -2.27. The zero-order chi connectivity index (χ0) is 21.7. The number of carbonyl (C=O) groups is 1. The molecule has 0 aliphatic carbocycles. The molecular formula is C22H24N4O4. The molecule has 3 rings (SSSR count). The van der Waals surface area contributed by atoms with Gasteiger partial charge in [0.2, 0.25) is 0 Å². The van der Waals surface area contributed by atoms with Gasteiger partial charge in [-0.25, -0.2) is 0 Å². The Morgan fingerprint density at radius 1 is 1.27 bits per heavy atom. The van der Waals surface area contributed by atoms with E-state index in [9.17, 15) is 14.9 Å². The molecule has 0 saturated heterocycles. The number of ether oxygens (including phenoxy) is 1. The van der Waals surface area contributed by atoms with Crippen LogP contribution in [0.2, 0.25) is 0 Å². The van der Waals surface area contributed by atoms with Crippen LogP contribution in [-0.4, -0.2) is 20.6 Å². The number of aromatic nitrogens is 2. The molecule has 0 saturated carbocycles. The number of nitrogens with zero attached hydrogens (tertiary/aromatic N) is 3. The molecule has 0 radical (unpaired) electrons. The number of amides is 1. The molecule has 3 aromatic rings. The molecule has 1 amide bonds. The van der Waals surface area contributed by atoms with Crippen molar-refractivity contribution in [1.29, 1.82) is 0 Å². The van der Waals surface area contributed by atoms with Crippen molar-refractivity contribution in [2.45, 2.75) is 40.0 Å². The molecule has 2 aromatic carbocycles. The maximum Gasteiger partial charge on any atom is 0.269 e. The predicted octanol–water partition coefficient (Wildman–Crippen LogP) is 4.19. The van der Waals surface area contributed by atoms with Gasteiger partial charge in [-0.05, 0) is 50.6 Å². The summed E-state index contributed by atoms with van der Waals surface area (Å²) >= 11 is 0. The van der Waals surface area contributed by atoms with Gasteiger partial charge in [-0.1, -0.05) is 12.1 Å². The smallest absolute Gasteiger partial charge is 0.269 e. The van der Waals surface area contributed by atoms with Crippen LogP contribution in [0.4, 0.5) is 5.69 Å². The number of aryl methyl sites for hydroxylation is 1. The van der Waals surface area contributed by atoms with Gasteiger partial charge < -0.3 is 10.1 Å². The van der Waals surface area contributed by atoms with E-state index in [1.54, 1.807) is 36.5 Å². The summed E-state index contributed by atoms with van der Waals surface area (Å²) in [6.07, 6.45) is 1.79. The van der Waals surface area contributed by atoms with Crippen molar-refractivity contribution in [1.82, 2.24) is 15.1 Å². The zero-order valence-electron chi connectivity index (χ0n) is 17.2. The Labute approximate surface area is 174 Å².